The number of hydrogen-bond acceptors (Lipinski definition) is 3. The Labute approximate surface area is 143 Å². The van der Waals surface area contributed by atoms with Crippen LogP contribution in [0.1, 0.15) is 43.1 Å². The number of likely N-dealkylation sites (N-methyl/N-ethyl adjacent to an activating group) is 1. The molecule has 21 heavy (non-hydrogen) atoms. The molecular formula is C16H20FIN2S. The molecule has 1 aromatic heterocycles. The van der Waals surface area contributed by atoms with Gasteiger partial charge in [0, 0.05) is 26.8 Å². The Morgan fingerprint density at radius 2 is 2.10 bits per heavy atom. The van der Waals surface area contributed by atoms with E-state index < -0.39 is 0 Å². The maximum atomic E-state index is 13.2. The molecule has 2 aromatic rings. The average Bonchev–Trinajstić information content (AvgIpc) is 2.85. The fourth-order valence-electron chi connectivity index (χ4n) is 2.08. The summed E-state index contributed by atoms with van der Waals surface area (Å²) in [5, 5.41) is 6.56. The Morgan fingerprint density at radius 3 is 2.62 bits per heavy atom. The van der Waals surface area contributed by atoms with Crippen molar-refractivity contribution in [2.24, 2.45) is 0 Å². The van der Waals surface area contributed by atoms with Crippen LogP contribution in [0.2, 0.25) is 0 Å². The van der Waals surface area contributed by atoms with E-state index in [1.54, 1.807) is 17.4 Å². The van der Waals surface area contributed by atoms with Crippen LogP contribution < -0.4 is 5.32 Å². The molecule has 0 saturated heterocycles. The maximum Gasteiger partial charge on any atom is 0.124 e. The number of nitrogens with one attached hydrogen (secondary N) is 1. The molecule has 5 heteroatoms. The number of benzene rings is 1. The maximum absolute atomic E-state index is 13.2. The lowest BCUT2D eigenvalue weighted by Gasteiger charge is -2.17. The third-order valence-corrected chi connectivity index (χ3v) is 5.19. The van der Waals surface area contributed by atoms with E-state index in [2.05, 4.69) is 54.1 Å². The van der Waals surface area contributed by atoms with Crippen LogP contribution in [0.15, 0.2) is 23.6 Å². The zero-order chi connectivity index (χ0) is 15.6. The normalized spacial score (nSPS) is 13.4. The molecule has 2 rings (SSSR count). The van der Waals surface area contributed by atoms with Gasteiger partial charge in [-0.3, -0.25) is 0 Å². The van der Waals surface area contributed by atoms with E-state index in [4.69, 9.17) is 4.98 Å². The quantitative estimate of drug-likeness (QED) is 0.729. The molecule has 1 unspecified atom stereocenters. The van der Waals surface area contributed by atoms with Crippen molar-refractivity contribution in [2.45, 2.75) is 38.6 Å². The molecule has 1 N–H and O–H groups in total. The molecule has 0 radical (unpaired) electrons. The largest absolute Gasteiger partial charge is 0.313 e. The van der Waals surface area contributed by atoms with Gasteiger partial charge in [-0.2, -0.15) is 0 Å². The molecule has 2 nitrogen and oxygen atoms in total. The third kappa shape index (κ3) is 4.23. The summed E-state index contributed by atoms with van der Waals surface area (Å²) >= 11 is 3.88. The highest BCUT2D eigenvalue weighted by atomic mass is 127. The van der Waals surface area contributed by atoms with Crippen molar-refractivity contribution >= 4 is 33.9 Å². The SMILES string of the molecule is CNC(Cc1nc(C(C)(C)C)cs1)c1ccc(F)cc1I. The van der Waals surface area contributed by atoms with Crippen molar-refractivity contribution in [3.8, 4) is 0 Å². The number of hydrogen-bond donors (Lipinski definition) is 1. The Kier molecular flexibility index (Phi) is 5.38. The fraction of sp³-hybridized carbons (Fsp3) is 0.438. The van der Waals surface area contributed by atoms with Crippen molar-refractivity contribution in [1.29, 1.82) is 0 Å². The van der Waals surface area contributed by atoms with Crippen molar-refractivity contribution in [3.63, 3.8) is 0 Å². The highest BCUT2D eigenvalue weighted by molar-refractivity contribution is 14.1. The zero-order valence-electron chi connectivity index (χ0n) is 12.7. The first-order valence-corrected chi connectivity index (χ1v) is 8.84. The molecule has 0 aliphatic carbocycles. The van der Waals surface area contributed by atoms with Crippen molar-refractivity contribution in [2.75, 3.05) is 7.05 Å². The van der Waals surface area contributed by atoms with E-state index in [1.165, 1.54) is 6.07 Å². The van der Waals surface area contributed by atoms with Crippen molar-refractivity contribution in [3.05, 3.63) is 49.2 Å². The van der Waals surface area contributed by atoms with Gasteiger partial charge < -0.3 is 5.32 Å². The van der Waals surface area contributed by atoms with Crippen LogP contribution in [0.3, 0.4) is 0 Å². The summed E-state index contributed by atoms with van der Waals surface area (Å²) in [6.45, 7) is 6.51. The van der Waals surface area contributed by atoms with Gasteiger partial charge in [0.1, 0.15) is 5.82 Å². The van der Waals surface area contributed by atoms with Crippen molar-refractivity contribution in [1.82, 2.24) is 10.3 Å². The number of aromatic nitrogens is 1. The van der Waals surface area contributed by atoms with Gasteiger partial charge in [0.05, 0.1) is 10.7 Å². The predicted octanol–water partition coefficient (Wildman–Crippen LogP) is 4.69. The van der Waals surface area contributed by atoms with Gasteiger partial charge in [0.15, 0.2) is 0 Å². The second-order valence-corrected chi connectivity index (χ2v) is 8.19. The van der Waals surface area contributed by atoms with E-state index >= 15 is 0 Å². The smallest absolute Gasteiger partial charge is 0.124 e. The lowest BCUT2D eigenvalue weighted by molar-refractivity contribution is 0.558. The van der Waals surface area contributed by atoms with Gasteiger partial charge in [-0.25, -0.2) is 9.37 Å². The summed E-state index contributed by atoms with van der Waals surface area (Å²) in [5.41, 5.74) is 2.33. The molecule has 0 aliphatic rings. The molecular weight excluding hydrogens is 398 g/mol. The second-order valence-electron chi connectivity index (χ2n) is 6.09. The van der Waals surface area contributed by atoms with Gasteiger partial charge in [0.2, 0.25) is 0 Å². The van der Waals surface area contributed by atoms with Gasteiger partial charge in [-0.1, -0.05) is 26.8 Å². The molecule has 0 spiro atoms. The standard InChI is InChI=1S/C16H20FIN2S/c1-16(2,3)14-9-21-15(20-14)8-13(19-4)11-6-5-10(17)7-12(11)18/h5-7,9,13,19H,8H2,1-4H3. The van der Waals surface area contributed by atoms with E-state index in [0.717, 1.165) is 26.3 Å². The highest BCUT2D eigenvalue weighted by Crippen LogP contribution is 2.28. The molecule has 0 aliphatic heterocycles. The second kappa shape index (κ2) is 6.71. The number of thiazole rings is 1. The van der Waals surface area contributed by atoms with Crippen molar-refractivity contribution < 1.29 is 4.39 Å². The summed E-state index contributed by atoms with van der Waals surface area (Å²) in [6.07, 6.45) is 0.818. The van der Waals surface area contributed by atoms with E-state index in [-0.39, 0.29) is 17.3 Å². The minimum absolute atomic E-state index is 0.0776. The lowest BCUT2D eigenvalue weighted by atomic mass is 9.93. The zero-order valence-corrected chi connectivity index (χ0v) is 15.7. The van der Waals surface area contributed by atoms with Gasteiger partial charge >= 0.3 is 0 Å². The summed E-state index contributed by atoms with van der Waals surface area (Å²) in [5.74, 6) is -0.192. The molecule has 1 atom stereocenters. The Balaban J connectivity index is 2.21. The topological polar surface area (TPSA) is 24.9 Å². The monoisotopic (exact) mass is 418 g/mol. The molecule has 0 fully saturated rings. The number of halogens is 2. The van der Waals surface area contributed by atoms with Crippen LogP contribution in [0, 0.1) is 9.39 Å². The molecule has 1 aromatic carbocycles. The third-order valence-electron chi connectivity index (χ3n) is 3.39. The molecule has 1 heterocycles. The van der Waals surface area contributed by atoms with Gasteiger partial charge in [0.25, 0.3) is 0 Å². The summed E-state index contributed by atoms with van der Waals surface area (Å²) in [6, 6.07) is 5.10. The summed E-state index contributed by atoms with van der Waals surface area (Å²) < 4.78 is 14.2. The average molecular weight is 418 g/mol. The van der Waals surface area contributed by atoms with Crippen LogP contribution in [0.5, 0.6) is 0 Å². The first kappa shape index (κ1) is 16.8. The van der Waals surface area contributed by atoms with E-state index in [0.29, 0.717) is 0 Å². The summed E-state index contributed by atoms with van der Waals surface area (Å²) in [4.78, 5) is 4.74. The fourth-order valence-corrected chi connectivity index (χ4v) is 4.00. The Hall–Kier alpha value is -0.530. The lowest BCUT2D eigenvalue weighted by Crippen LogP contribution is -2.20. The molecule has 114 valence electrons. The minimum Gasteiger partial charge on any atom is -0.313 e. The van der Waals surface area contributed by atoms with E-state index in [1.807, 2.05) is 13.1 Å². The van der Waals surface area contributed by atoms with Crippen LogP contribution in [-0.2, 0) is 11.8 Å². The van der Waals surface area contributed by atoms with Crippen LogP contribution >= 0.6 is 33.9 Å². The number of rotatable bonds is 4. The Bertz CT molecular complexity index is 619. The summed E-state index contributed by atoms with van der Waals surface area (Å²) in [7, 11) is 1.93. The highest BCUT2D eigenvalue weighted by Gasteiger charge is 2.20. The van der Waals surface area contributed by atoms with Crippen LogP contribution in [0.4, 0.5) is 4.39 Å². The number of nitrogens with zero attached hydrogens (tertiary/aromatic N) is 1. The minimum atomic E-state index is -0.192. The molecule has 0 amide bonds. The van der Waals surface area contributed by atoms with E-state index in [9.17, 15) is 4.39 Å². The molecule has 0 bridgehead atoms. The van der Waals surface area contributed by atoms with Crippen LogP contribution in [-0.4, -0.2) is 12.0 Å². The van der Waals surface area contributed by atoms with Gasteiger partial charge in [-0.05, 0) is 47.3 Å². The first-order valence-electron chi connectivity index (χ1n) is 6.88. The Morgan fingerprint density at radius 1 is 1.38 bits per heavy atom. The predicted molar refractivity (Wildman–Crippen MR) is 95.4 cm³/mol. The van der Waals surface area contributed by atoms with Gasteiger partial charge in [-0.15, -0.1) is 11.3 Å². The van der Waals surface area contributed by atoms with Crippen LogP contribution in [0.25, 0.3) is 0 Å². The first-order chi connectivity index (χ1) is 9.81. The molecule has 0 saturated carbocycles.